The van der Waals surface area contributed by atoms with Gasteiger partial charge in [-0.3, -0.25) is 4.79 Å². The van der Waals surface area contributed by atoms with Crippen LogP contribution in [-0.4, -0.2) is 44.4 Å². The second-order valence-electron chi connectivity index (χ2n) is 2.49. The van der Waals surface area contributed by atoms with Crippen molar-refractivity contribution in [1.82, 2.24) is 0 Å². The Kier molecular flexibility index (Phi) is 7.80. The highest BCUT2D eigenvalue weighted by Gasteiger charge is 2.07. The summed E-state index contributed by atoms with van der Waals surface area (Å²) in [6, 6.07) is 0. The zero-order chi connectivity index (χ0) is 12.6. The van der Waals surface area contributed by atoms with Crippen molar-refractivity contribution in [2.45, 2.75) is 19.4 Å². The quantitative estimate of drug-likeness (QED) is 0.472. The van der Waals surface area contributed by atoms with Crippen LogP contribution in [0.2, 0.25) is 0 Å². The van der Waals surface area contributed by atoms with E-state index in [0.29, 0.717) is 0 Å². The monoisotopic (exact) mass is 220 g/mol. The molecular formula is C8H12O7. The molecule has 7 nitrogen and oxygen atoms in total. The Morgan fingerprint density at radius 2 is 1.53 bits per heavy atom. The Bertz CT molecular complexity index is 266. The first-order valence-electron chi connectivity index (χ1n) is 3.72. The summed E-state index contributed by atoms with van der Waals surface area (Å²) >= 11 is 0. The van der Waals surface area contributed by atoms with Gasteiger partial charge in [-0.25, -0.2) is 9.59 Å². The maximum Gasteiger partial charge on any atom is 0.332 e. The van der Waals surface area contributed by atoms with E-state index in [4.69, 9.17) is 20.4 Å². The van der Waals surface area contributed by atoms with Gasteiger partial charge in [0.05, 0.1) is 6.42 Å². The van der Waals surface area contributed by atoms with Gasteiger partial charge in [-0.15, -0.1) is 0 Å². The molecule has 0 saturated carbocycles. The van der Waals surface area contributed by atoms with E-state index in [-0.39, 0.29) is 5.57 Å². The van der Waals surface area contributed by atoms with Crippen molar-refractivity contribution in [3.8, 4) is 0 Å². The van der Waals surface area contributed by atoms with Crippen LogP contribution >= 0.6 is 0 Å². The van der Waals surface area contributed by atoms with Gasteiger partial charge < -0.3 is 20.4 Å². The molecule has 0 fully saturated rings. The summed E-state index contributed by atoms with van der Waals surface area (Å²) in [7, 11) is 0. The normalized spacial score (nSPS) is 10.5. The Balaban J connectivity index is 0. The van der Waals surface area contributed by atoms with E-state index in [1.807, 2.05) is 0 Å². The van der Waals surface area contributed by atoms with Gasteiger partial charge in [0.1, 0.15) is 6.10 Å². The van der Waals surface area contributed by atoms with Crippen molar-refractivity contribution >= 4 is 17.9 Å². The first kappa shape index (κ1) is 15.6. The summed E-state index contributed by atoms with van der Waals surface area (Å²) < 4.78 is 0. The SMILES string of the molecule is C=C(CC(=O)O)C(=O)O.CC(O)C(=O)O. The van der Waals surface area contributed by atoms with Crippen LogP contribution in [0.15, 0.2) is 12.2 Å². The molecule has 0 aliphatic heterocycles. The molecule has 7 heteroatoms. The molecule has 0 aromatic heterocycles. The van der Waals surface area contributed by atoms with Gasteiger partial charge >= 0.3 is 17.9 Å². The van der Waals surface area contributed by atoms with Crippen LogP contribution in [0.5, 0.6) is 0 Å². The van der Waals surface area contributed by atoms with Gasteiger partial charge in [0.25, 0.3) is 0 Å². The van der Waals surface area contributed by atoms with Gasteiger partial charge in [0, 0.05) is 5.57 Å². The first-order valence-corrected chi connectivity index (χ1v) is 3.72. The molecule has 0 bridgehead atoms. The number of hydrogen-bond acceptors (Lipinski definition) is 4. The second-order valence-corrected chi connectivity index (χ2v) is 2.49. The molecule has 0 aromatic carbocycles. The number of aliphatic carboxylic acids is 3. The van der Waals surface area contributed by atoms with E-state index in [2.05, 4.69) is 6.58 Å². The summed E-state index contributed by atoms with van der Waals surface area (Å²) in [6.07, 6.45) is -1.74. The van der Waals surface area contributed by atoms with Crippen LogP contribution in [0.25, 0.3) is 0 Å². The molecule has 0 aliphatic carbocycles. The lowest BCUT2D eigenvalue weighted by Gasteiger charge is -1.91. The summed E-state index contributed by atoms with van der Waals surface area (Å²) in [5.41, 5.74) is -0.303. The van der Waals surface area contributed by atoms with Gasteiger partial charge in [0.2, 0.25) is 0 Å². The van der Waals surface area contributed by atoms with Crippen LogP contribution in [-0.2, 0) is 14.4 Å². The fourth-order valence-electron chi connectivity index (χ4n) is 0.258. The molecule has 1 atom stereocenters. The smallest absolute Gasteiger partial charge is 0.332 e. The van der Waals surface area contributed by atoms with Gasteiger partial charge in [-0.2, -0.15) is 0 Å². The van der Waals surface area contributed by atoms with Crippen molar-refractivity contribution in [2.75, 3.05) is 0 Å². The standard InChI is InChI=1S/C5H6O4.C3H6O3/c1-3(5(8)9)2-4(6)7;1-2(4)3(5)6/h1-2H2,(H,6,7)(H,8,9);2,4H,1H3,(H,5,6). The molecule has 0 heterocycles. The lowest BCUT2D eigenvalue weighted by atomic mass is 10.2. The highest BCUT2D eigenvalue weighted by Crippen LogP contribution is 1.95. The molecule has 0 radical (unpaired) electrons. The van der Waals surface area contributed by atoms with Crippen molar-refractivity contribution < 1.29 is 34.8 Å². The third kappa shape index (κ3) is 12.1. The summed E-state index contributed by atoms with van der Waals surface area (Å²) in [4.78, 5) is 29.1. The molecule has 4 N–H and O–H groups in total. The van der Waals surface area contributed by atoms with Gasteiger partial charge in [-0.05, 0) is 6.92 Å². The van der Waals surface area contributed by atoms with E-state index in [1.54, 1.807) is 0 Å². The van der Waals surface area contributed by atoms with Crippen molar-refractivity contribution in [3.63, 3.8) is 0 Å². The lowest BCUT2D eigenvalue weighted by molar-refractivity contribution is -0.145. The van der Waals surface area contributed by atoms with E-state index in [9.17, 15) is 14.4 Å². The number of hydrogen-bond donors (Lipinski definition) is 4. The highest BCUT2D eigenvalue weighted by molar-refractivity contribution is 5.91. The fraction of sp³-hybridized carbons (Fsp3) is 0.375. The highest BCUT2D eigenvalue weighted by atomic mass is 16.4. The second kappa shape index (κ2) is 7.51. The maximum absolute atomic E-state index is 9.87. The van der Waals surface area contributed by atoms with Crippen molar-refractivity contribution in [1.29, 1.82) is 0 Å². The van der Waals surface area contributed by atoms with Crippen molar-refractivity contribution in [2.24, 2.45) is 0 Å². The molecule has 0 aliphatic rings. The molecule has 0 rings (SSSR count). The van der Waals surface area contributed by atoms with Crippen LogP contribution in [0, 0.1) is 0 Å². The van der Waals surface area contributed by atoms with Crippen LogP contribution in [0.4, 0.5) is 0 Å². The Labute approximate surface area is 85.3 Å². The molecule has 1 unspecified atom stereocenters. The maximum atomic E-state index is 9.87. The number of carbonyl (C=O) groups is 3. The molecule has 0 spiro atoms. The Morgan fingerprint density at radius 3 is 1.60 bits per heavy atom. The number of aliphatic hydroxyl groups excluding tert-OH is 1. The van der Waals surface area contributed by atoms with E-state index < -0.39 is 30.4 Å². The molecule has 0 amide bonds. The minimum absolute atomic E-state index is 0.303. The van der Waals surface area contributed by atoms with Gasteiger partial charge in [-0.1, -0.05) is 6.58 Å². The van der Waals surface area contributed by atoms with Gasteiger partial charge in [0.15, 0.2) is 0 Å². The first-order chi connectivity index (χ1) is 6.68. The number of rotatable bonds is 4. The average Bonchev–Trinajstić information content (AvgIpc) is 2.03. The predicted octanol–water partition coefficient (Wildman–Crippen LogP) is -0.446. The molecule has 0 saturated heterocycles. The zero-order valence-electron chi connectivity index (χ0n) is 8.01. The average molecular weight is 220 g/mol. The Morgan fingerprint density at radius 1 is 1.20 bits per heavy atom. The minimum Gasteiger partial charge on any atom is -0.481 e. The molecular weight excluding hydrogens is 208 g/mol. The zero-order valence-corrected chi connectivity index (χ0v) is 8.01. The van der Waals surface area contributed by atoms with Crippen LogP contribution in [0.1, 0.15) is 13.3 Å². The molecule has 86 valence electrons. The van der Waals surface area contributed by atoms with Crippen LogP contribution in [0.3, 0.4) is 0 Å². The summed E-state index contributed by atoms with van der Waals surface area (Å²) in [5, 5.41) is 31.8. The van der Waals surface area contributed by atoms with Crippen LogP contribution < -0.4 is 0 Å². The number of aliphatic hydroxyl groups is 1. The number of carboxylic acids is 3. The lowest BCUT2D eigenvalue weighted by Crippen LogP contribution is -2.13. The summed E-state index contributed by atoms with van der Waals surface area (Å²) in [5.74, 6) is -3.63. The molecule has 15 heavy (non-hydrogen) atoms. The topological polar surface area (TPSA) is 132 Å². The predicted molar refractivity (Wildman–Crippen MR) is 48.3 cm³/mol. The third-order valence-corrected chi connectivity index (χ3v) is 1.02. The minimum atomic E-state index is -1.27. The van der Waals surface area contributed by atoms with Crippen molar-refractivity contribution in [3.05, 3.63) is 12.2 Å². The Hall–Kier alpha value is -1.89. The van der Waals surface area contributed by atoms with E-state index in [0.717, 1.165) is 0 Å². The molecule has 0 aromatic rings. The third-order valence-electron chi connectivity index (χ3n) is 1.02. The van der Waals surface area contributed by atoms with E-state index >= 15 is 0 Å². The fourth-order valence-corrected chi connectivity index (χ4v) is 0.258. The largest absolute Gasteiger partial charge is 0.481 e. The summed E-state index contributed by atoms with van der Waals surface area (Å²) in [6.45, 7) is 4.21. The number of carboxylic acid groups (broad SMARTS) is 3. The van der Waals surface area contributed by atoms with E-state index in [1.165, 1.54) is 6.92 Å².